The second-order valence-corrected chi connectivity index (χ2v) is 8.61. The average molecular weight is 484 g/mol. The normalized spacial score (nSPS) is 12.8. The van der Waals surface area contributed by atoms with Gasteiger partial charge in [0.1, 0.15) is 30.0 Å². The van der Waals surface area contributed by atoms with Crippen molar-refractivity contribution in [3.8, 4) is 5.75 Å². The van der Waals surface area contributed by atoms with E-state index in [0.29, 0.717) is 11.1 Å². The zero-order valence-electron chi connectivity index (χ0n) is 19.8. The Morgan fingerprint density at radius 1 is 1.21 bits per heavy atom. The van der Waals surface area contributed by atoms with Crippen LogP contribution in [0.5, 0.6) is 5.75 Å². The summed E-state index contributed by atoms with van der Waals surface area (Å²) in [7, 11) is 1.19. The van der Waals surface area contributed by atoms with Crippen molar-refractivity contribution in [3.63, 3.8) is 0 Å². The fraction of sp³-hybridized carbons (Fsp3) is 0.545. The zero-order chi connectivity index (χ0) is 25.3. The molecule has 0 aromatic heterocycles. The molecule has 0 bridgehead atoms. The van der Waals surface area contributed by atoms with Crippen molar-refractivity contribution in [2.75, 3.05) is 26.0 Å². The van der Waals surface area contributed by atoms with Crippen molar-refractivity contribution in [1.29, 1.82) is 0 Å². The summed E-state index contributed by atoms with van der Waals surface area (Å²) in [5, 5.41) is 14.8. The largest absolute Gasteiger partial charge is 0.508 e. The van der Waals surface area contributed by atoms with Crippen LogP contribution in [0.3, 0.4) is 0 Å². The van der Waals surface area contributed by atoms with Crippen molar-refractivity contribution < 1.29 is 33.8 Å². The van der Waals surface area contributed by atoms with Gasteiger partial charge in [0.25, 0.3) is 0 Å². The highest BCUT2D eigenvalue weighted by molar-refractivity contribution is 7.80. The highest BCUT2D eigenvalue weighted by Crippen LogP contribution is 2.27. The Kier molecular flexibility index (Phi) is 10.5. The first-order chi connectivity index (χ1) is 15.3. The minimum absolute atomic E-state index is 0.0293. The number of benzene rings is 1. The Bertz CT molecular complexity index is 870. The van der Waals surface area contributed by atoms with E-state index in [1.165, 1.54) is 24.1 Å². The molecule has 0 fully saturated rings. The highest BCUT2D eigenvalue weighted by Gasteiger charge is 2.35. The maximum atomic E-state index is 13.4. The Morgan fingerprint density at radius 2 is 1.85 bits per heavy atom. The second-order valence-electron chi connectivity index (χ2n) is 8.25. The summed E-state index contributed by atoms with van der Waals surface area (Å²) in [6.07, 6.45) is -0.793. The van der Waals surface area contributed by atoms with Gasteiger partial charge in [-0.15, -0.1) is 0 Å². The number of nitrogens with one attached hydrogen (secondary N) is 2. The average Bonchev–Trinajstić information content (AvgIpc) is 2.74. The van der Waals surface area contributed by atoms with Gasteiger partial charge in [-0.1, -0.05) is 6.07 Å². The Hall–Kier alpha value is -2.95. The number of ether oxygens (including phenoxy) is 2. The summed E-state index contributed by atoms with van der Waals surface area (Å²) in [4.78, 5) is 51.4. The van der Waals surface area contributed by atoms with Gasteiger partial charge in [-0.25, -0.2) is 4.79 Å². The molecule has 33 heavy (non-hydrogen) atoms. The molecular formula is C22H33N3O7S. The Morgan fingerprint density at radius 3 is 2.33 bits per heavy atom. The number of phenolic OH excluding ortho intramolecular Hbond substituents is 1. The Labute approximate surface area is 199 Å². The van der Waals surface area contributed by atoms with Crippen molar-refractivity contribution in [3.05, 3.63) is 29.3 Å². The maximum Gasteiger partial charge on any atom is 0.408 e. The molecule has 10 nitrogen and oxygen atoms in total. The van der Waals surface area contributed by atoms with Crippen LogP contribution in [0, 0.1) is 6.92 Å². The molecule has 2 unspecified atom stereocenters. The molecule has 0 radical (unpaired) electrons. The first-order valence-corrected chi connectivity index (χ1v) is 11.0. The molecule has 0 heterocycles. The molecule has 1 aromatic carbocycles. The molecule has 3 amide bonds. The van der Waals surface area contributed by atoms with Gasteiger partial charge >= 0.3 is 12.1 Å². The summed E-state index contributed by atoms with van der Waals surface area (Å²) >= 11 is 4.18. The minimum Gasteiger partial charge on any atom is -0.508 e. The van der Waals surface area contributed by atoms with Crippen molar-refractivity contribution in [1.82, 2.24) is 15.5 Å². The number of nitrogens with zero attached hydrogens (tertiary/aromatic N) is 1. The van der Waals surface area contributed by atoms with Crippen LogP contribution in [0.1, 0.15) is 44.9 Å². The number of hydrogen-bond acceptors (Lipinski definition) is 8. The first-order valence-electron chi connectivity index (χ1n) is 10.4. The smallest absolute Gasteiger partial charge is 0.408 e. The fourth-order valence-corrected chi connectivity index (χ4v) is 3.20. The van der Waals surface area contributed by atoms with Crippen LogP contribution in [-0.4, -0.2) is 71.5 Å². The van der Waals surface area contributed by atoms with E-state index in [1.807, 2.05) is 0 Å². The zero-order valence-corrected chi connectivity index (χ0v) is 20.7. The number of thiol groups is 1. The minimum atomic E-state index is -1.14. The van der Waals surface area contributed by atoms with Crippen molar-refractivity contribution in [2.45, 2.75) is 52.3 Å². The van der Waals surface area contributed by atoms with Crippen LogP contribution < -0.4 is 10.6 Å². The van der Waals surface area contributed by atoms with E-state index in [0.717, 1.165) is 0 Å². The van der Waals surface area contributed by atoms with Crippen molar-refractivity contribution in [2.24, 2.45) is 0 Å². The van der Waals surface area contributed by atoms with E-state index in [1.54, 1.807) is 40.7 Å². The number of amides is 3. The topological polar surface area (TPSA) is 134 Å². The van der Waals surface area contributed by atoms with Gasteiger partial charge < -0.3 is 30.1 Å². The number of rotatable bonds is 9. The molecule has 0 spiro atoms. The molecule has 0 aliphatic heterocycles. The molecule has 3 N–H and O–H groups in total. The van der Waals surface area contributed by atoms with E-state index in [4.69, 9.17) is 4.74 Å². The van der Waals surface area contributed by atoms with E-state index in [9.17, 15) is 24.3 Å². The SMILES string of the molecule is CCN(C(=O)C(CS)NC(=O)OC(C)(C)C)C(C(=O)NCC(=O)OC)c1ccc(O)c(C)c1. The number of phenols is 1. The van der Waals surface area contributed by atoms with Crippen LogP contribution in [-0.2, 0) is 23.9 Å². The van der Waals surface area contributed by atoms with E-state index in [-0.39, 0.29) is 24.6 Å². The van der Waals surface area contributed by atoms with Gasteiger partial charge in [0.15, 0.2) is 0 Å². The van der Waals surface area contributed by atoms with Crippen LogP contribution in [0.2, 0.25) is 0 Å². The standard InChI is InChI=1S/C22H33N3O7S/c1-7-25(20(29)15(12-33)24-21(30)32-22(3,4)5)18(19(28)23-11-17(27)31-6)14-8-9-16(26)13(2)10-14/h8-10,15,18,26,33H,7,11-12H2,1-6H3,(H,23,28)(H,24,30). The van der Waals surface area contributed by atoms with E-state index < -0.39 is 41.6 Å². The molecule has 0 saturated carbocycles. The third-order valence-corrected chi connectivity index (χ3v) is 4.89. The van der Waals surface area contributed by atoms with Crippen LogP contribution in [0.4, 0.5) is 4.79 Å². The summed E-state index contributed by atoms with van der Waals surface area (Å²) in [6.45, 7) is 8.12. The highest BCUT2D eigenvalue weighted by atomic mass is 32.1. The van der Waals surface area contributed by atoms with Crippen LogP contribution in [0.15, 0.2) is 18.2 Å². The lowest BCUT2D eigenvalue weighted by Crippen LogP contribution is -2.54. The number of carbonyl (C=O) groups excluding carboxylic acids is 4. The number of alkyl carbamates (subject to hydrolysis) is 1. The first kappa shape index (κ1) is 28.1. The predicted octanol–water partition coefficient (Wildman–Crippen LogP) is 1.70. The number of hydrogen-bond donors (Lipinski definition) is 4. The molecule has 1 aromatic rings. The second kappa shape index (κ2) is 12.3. The number of likely N-dealkylation sites (N-methyl/N-ethyl adjacent to an activating group) is 1. The van der Waals surface area contributed by atoms with Gasteiger partial charge in [-0.3, -0.25) is 14.4 Å². The number of carbonyl (C=O) groups is 4. The summed E-state index contributed by atoms with van der Waals surface area (Å²) in [6, 6.07) is 2.28. The van der Waals surface area contributed by atoms with E-state index >= 15 is 0 Å². The van der Waals surface area contributed by atoms with Gasteiger partial charge in [0.2, 0.25) is 11.8 Å². The molecule has 184 valence electrons. The third kappa shape index (κ3) is 8.49. The number of aromatic hydroxyl groups is 1. The number of esters is 1. The van der Waals surface area contributed by atoms with Gasteiger partial charge in [-0.05, 0) is 57.9 Å². The van der Waals surface area contributed by atoms with Gasteiger partial charge in [0, 0.05) is 12.3 Å². The lowest BCUT2D eigenvalue weighted by Gasteiger charge is -2.33. The van der Waals surface area contributed by atoms with Crippen LogP contribution >= 0.6 is 12.6 Å². The van der Waals surface area contributed by atoms with Gasteiger partial charge in [-0.2, -0.15) is 12.6 Å². The summed E-state index contributed by atoms with van der Waals surface area (Å²) < 4.78 is 9.77. The third-order valence-electron chi connectivity index (χ3n) is 4.53. The molecule has 2 atom stereocenters. The molecule has 0 aliphatic carbocycles. The molecular weight excluding hydrogens is 450 g/mol. The summed E-state index contributed by atoms with van der Waals surface area (Å²) in [5.41, 5.74) is 0.149. The lowest BCUT2D eigenvalue weighted by molar-refractivity contribution is -0.144. The molecule has 11 heteroatoms. The molecule has 0 aliphatic rings. The van der Waals surface area contributed by atoms with E-state index in [2.05, 4.69) is 28.0 Å². The molecule has 0 saturated heterocycles. The maximum absolute atomic E-state index is 13.4. The quantitative estimate of drug-likeness (QED) is 0.310. The monoisotopic (exact) mass is 483 g/mol. The summed E-state index contributed by atoms with van der Waals surface area (Å²) in [5.74, 6) is -1.86. The number of aryl methyl sites for hydroxylation is 1. The predicted molar refractivity (Wildman–Crippen MR) is 125 cm³/mol. The Balaban J connectivity index is 3.29. The van der Waals surface area contributed by atoms with Crippen LogP contribution in [0.25, 0.3) is 0 Å². The number of methoxy groups -OCH3 is 1. The van der Waals surface area contributed by atoms with Crippen molar-refractivity contribution >= 4 is 36.5 Å². The van der Waals surface area contributed by atoms with Gasteiger partial charge in [0.05, 0.1) is 7.11 Å². The fourth-order valence-electron chi connectivity index (χ4n) is 2.95. The molecule has 1 rings (SSSR count). The lowest BCUT2D eigenvalue weighted by atomic mass is 10.0.